The number of anilines is 2. The molecule has 0 radical (unpaired) electrons. The number of morpholine rings is 1. The first-order valence-electron chi connectivity index (χ1n) is 8.98. The number of allylic oxidation sites excluding steroid dienone is 1. The highest BCUT2D eigenvalue weighted by atomic mass is 32.1. The molecule has 1 amide bonds. The summed E-state index contributed by atoms with van der Waals surface area (Å²) in [6.45, 7) is 2.99. The molecule has 0 spiro atoms. The molecule has 3 aromatic heterocycles. The molecule has 148 valence electrons. The summed E-state index contributed by atoms with van der Waals surface area (Å²) in [4.78, 5) is 28.0. The van der Waals surface area contributed by atoms with Crippen LogP contribution in [0.1, 0.15) is 16.2 Å². The van der Waals surface area contributed by atoms with Gasteiger partial charge in [0.05, 0.1) is 35.5 Å². The number of aromatic nitrogens is 3. The van der Waals surface area contributed by atoms with Crippen LogP contribution < -0.4 is 16.0 Å². The van der Waals surface area contributed by atoms with Gasteiger partial charge in [0.15, 0.2) is 10.8 Å². The SMILES string of the molecule is N=CC(=CN)c1cccc(C(=O)Nc2cnc3nc(N4CCOCC4)sc3c2)n1. The minimum absolute atomic E-state index is 0.224. The van der Waals surface area contributed by atoms with Crippen LogP contribution in [0.5, 0.6) is 0 Å². The molecule has 9 nitrogen and oxygen atoms in total. The molecule has 4 heterocycles. The Morgan fingerprint density at radius 2 is 2.07 bits per heavy atom. The second-order valence-corrected chi connectivity index (χ2v) is 7.28. The summed E-state index contributed by atoms with van der Waals surface area (Å²) >= 11 is 1.54. The van der Waals surface area contributed by atoms with E-state index in [9.17, 15) is 4.79 Å². The lowest BCUT2D eigenvalue weighted by molar-refractivity contribution is 0.102. The van der Waals surface area contributed by atoms with Crippen molar-refractivity contribution in [3.63, 3.8) is 0 Å². The molecule has 1 fully saturated rings. The monoisotopic (exact) mass is 409 g/mol. The maximum atomic E-state index is 12.6. The van der Waals surface area contributed by atoms with Gasteiger partial charge in [-0.25, -0.2) is 9.97 Å². The van der Waals surface area contributed by atoms with Crippen LogP contribution in [0.25, 0.3) is 15.9 Å². The largest absolute Gasteiger partial charge is 0.404 e. The summed E-state index contributed by atoms with van der Waals surface area (Å²) in [6, 6.07) is 6.85. The average Bonchev–Trinajstić information content (AvgIpc) is 3.19. The predicted octanol–water partition coefficient (Wildman–Crippen LogP) is 2.12. The Hall–Kier alpha value is -3.37. The van der Waals surface area contributed by atoms with Crippen molar-refractivity contribution in [2.75, 3.05) is 36.5 Å². The number of nitrogens with one attached hydrogen (secondary N) is 2. The number of rotatable bonds is 5. The molecule has 0 saturated carbocycles. The van der Waals surface area contributed by atoms with E-state index in [-0.39, 0.29) is 11.6 Å². The first-order chi connectivity index (χ1) is 14.2. The number of ether oxygens (including phenoxy) is 1. The van der Waals surface area contributed by atoms with Crippen molar-refractivity contribution in [3.8, 4) is 0 Å². The molecule has 1 aliphatic rings. The molecule has 1 saturated heterocycles. The Balaban J connectivity index is 1.53. The van der Waals surface area contributed by atoms with E-state index in [1.165, 1.54) is 17.5 Å². The fraction of sp³-hybridized carbons (Fsp3) is 0.211. The number of fused-ring (bicyclic) bond motifs is 1. The minimum atomic E-state index is -0.368. The minimum Gasteiger partial charge on any atom is -0.404 e. The summed E-state index contributed by atoms with van der Waals surface area (Å²) in [5.74, 6) is -0.368. The topological polar surface area (TPSA) is 130 Å². The number of nitrogens with zero attached hydrogens (tertiary/aromatic N) is 4. The molecule has 0 unspecified atom stereocenters. The van der Waals surface area contributed by atoms with Crippen LogP contribution in [-0.2, 0) is 4.74 Å². The molecule has 3 aromatic rings. The Kier molecular flexibility index (Phi) is 5.45. The lowest BCUT2D eigenvalue weighted by Gasteiger charge is -2.25. The Morgan fingerprint density at radius 1 is 1.28 bits per heavy atom. The molecule has 4 N–H and O–H groups in total. The third-order valence-electron chi connectivity index (χ3n) is 4.39. The maximum absolute atomic E-state index is 12.6. The zero-order valence-corrected chi connectivity index (χ0v) is 16.3. The second kappa shape index (κ2) is 8.33. The van der Waals surface area contributed by atoms with Crippen LogP contribution in [0.4, 0.5) is 10.8 Å². The van der Waals surface area contributed by atoms with Gasteiger partial charge in [-0.2, -0.15) is 4.98 Å². The predicted molar refractivity (Wildman–Crippen MR) is 114 cm³/mol. The smallest absolute Gasteiger partial charge is 0.274 e. The van der Waals surface area contributed by atoms with E-state index >= 15 is 0 Å². The summed E-state index contributed by atoms with van der Waals surface area (Å²) in [6.07, 6.45) is 3.96. The van der Waals surface area contributed by atoms with Crippen LogP contribution in [0, 0.1) is 5.41 Å². The van der Waals surface area contributed by atoms with Crippen molar-refractivity contribution in [2.24, 2.45) is 5.73 Å². The lowest BCUT2D eigenvalue weighted by atomic mass is 10.2. The summed E-state index contributed by atoms with van der Waals surface area (Å²) < 4.78 is 6.27. The van der Waals surface area contributed by atoms with Gasteiger partial charge in [-0.1, -0.05) is 17.4 Å². The van der Waals surface area contributed by atoms with E-state index in [0.29, 0.717) is 35.8 Å². The summed E-state index contributed by atoms with van der Waals surface area (Å²) in [5, 5.41) is 11.1. The van der Waals surface area contributed by atoms with Crippen LogP contribution in [0.3, 0.4) is 0 Å². The van der Waals surface area contributed by atoms with E-state index < -0.39 is 0 Å². The highest BCUT2D eigenvalue weighted by Crippen LogP contribution is 2.29. The number of nitrogens with two attached hydrogens (primary N) is 1. The zero-order valence-electron chi connectivity index (χ0n) is 15.5. The molecule has 0 aromatic carbocycles. The highest BCUT2D eigenvalue weighted by Gasteiger charge is 2.17. The van der Waals surface area contributed by atoms with Gasteiger partial charge in [0, 0.05) is 31.1 Å². The third kappa shape index (κ3) is 4.08. The van der Waals surface area contributed by atoms with Crippen molar-refractivity contribution in [2.45, 2.75) is 0 Å². The van der Waals surface area contributed by atoms with Gasteiger partial charge in [-0.05, 0) is 18.2 Å². The normalized spacial score (nSPS) is 14.8. The zero-order chi connectivity index (χ0) is 20.2. The lowest BCUT2D eigenvalue weighted by Crippen LogP contribution is -2.36. The number of carbonyl (C=O) groups is 1. The average molecular weight is 409 g/mol. The number of hydrogen-bond donors (Lipinski definition) is 3. The first kappa shape index (κ1) is 19.0. The number of pyridine rings is 2. The van der Waals surface area contributed by atoms with E-state index in [1.54, 1.807) is 24.4 Å². The Morgan fingerprint density at radius 3 is 2.83 bits per heavy atom. The molecule has 0 aliphatic carbocycles. The van der Waals surface area contributed by atoms with Gasteiger partial charge < -0.3 is 26.1 Å². The quantitative estimate of drug-likeness (QED) is 0.550. The number of amides is 1. The third-order valence-corrected chi connectivity index (χ3v) is 5.44. The van der Waals surface area contributed by atoms with Crippen LogP contribution >= 0.6 is 11.3 Å². The van der Waals surface area contributed by atoms with E-state index in [1.807, 2.05) is 6.07 Å². The van der Waals surface area contributed by atoms with Gasteiger partial charge in [-0.15, -0.1) is 0 Å². The number of carbonyl (C=O) groups excluding carboxylic acids is 1. The van der Waals surface area contributed by atoms with Crippen LogP contribution in [-0.4, -0.2) is 53.4 Å². The van der Waals surface area contributed by atoms with Crippen LogP contribution in [0.15, 0.2) is 36.7 Å². The molecule has 10 heteroatoms. The molecule has 0 bridgehead atoms. The summed E-state index contributed by atoms with van der Waals surface area (Å²) in [7, 11) is 0. The number of thiazole rings is 1. The standard InChI is InChI=1S/C19H19N7O2S/c20-9-12(10-21)14-2-1-3-15(24-14)18(27)23-13-8-16-17(22-11-13)25-19(29-16)26-4-6-28-7-5-26/h1-3,8-11,20H,4-7,21H2,(H,23,27). The van der Waals surface area contributed by atoms with Crippen molar-refractivity contribution in [3.05, 3.63) is 48.1 Å². The van der Waals surface area contributed by atoms with Crippen molar-refractivity contribution in [1.29, 1.82) is 5.41 Å². The fourth-order valence-electron chi connectivity index (χ4n) is 2.89. The van der Waals surface area contributed by atoms with Gasteiger partial charge >= 0.3 is 0 Å². The second-order valence-electron chi connectivity index (χ2n) is 6.27. The van der Waals surface area contributed by atoms with E-state index in [4.69, 9.17) is 15.9 Å². The van der Waals surface area contributed by atoms with E-state index in [2.05, 4.69) is 25.2 Å². The Bertz CT molecular complexity index is 1090. The Labute approximate surface area is 170 Å². The molecule has 29 heavy (non-hydrogen) atoms. The molecular weight excluding hydrogens is 390 g/mol. The molecule has 0 atom stereocenters. The van der Waals surface area contributed by atoms with Crippen molar-refractivity contribution >= 4 is 50.2 Å². The van der Waals surface area contributed by atoms with Gasteiger partial charge in [0.1, 0.15) is 5.69 Å². The molecular formula is C19H19N7O2S. The van der Waals surface area contributed by atoms with Gasteiger partial charge in [0.25, 0.3) is 5.91 Å². The molecule has 1 aliphatic heterocycles. The van der Waals surface area contributed by atoms with Gasteiger partial charge in [-0.3, -0.25) is 4.79 Å². The van der Waals surface area contributed by atoms with Crippen molar-refractivity contribution < 1.29 is 9.53 Å². The van der Waals surface area contributed by atoms with Crippen LogP contribution in [0.2, 0.25) is 0 Å². The van der Waals surface area contributed by atoms with E-state index in [0.717, 1.165) is 29.1 Å². The molecule has 4 rings (SSSR count). The highest BCUT2D eigenvalue weighted by molar-refractivity contribution is 7.22. The fourth-order valence-corrected chi connectivity index (χ4v) is 3.91. The first-order valence-corrected chi connectivity index (χ1v) is 9.80. The van der Waals surface area contributed by atoms with Crippen molar-refractivity contribution in [1.82, 2.24) is 15.0 Å². The summed E-state index contributed by atoms with van der Waals surface area (Å²) in [5.41, 5.74) is 7.83. The number of hydrogen-bond acceptors (Lipinski definition) is 9. The maximum Gasteiger partial charge on any atom is 0.274 e. The van der Waals surface area contributed by atoms with Gasteiger partial charge in [0.2, 0.25) is 0 Å².